The van der Waals surface area contributed by atoms with Crippen LogP contribution < -0.4 is 10.6 Å². The topological polar surface area (TPSA) is 125 Å². The van der Waals surface area contributed by atoms with Crippen molar-refractivity contribution >= 4 is 18.0 Å². The van der Waals surface area contributed by atoms with Crippen LogP contribution in [0.2, 0.25) is 0 Å². The second kappa shape index (κ2) is 8.92. The summed E-state index contributed by atoms with van der Waals surface area (Å²) in [5, 5.41) is 21.6. The minimum Gasteiger partial charge on any atom is -0.481 e. The van der Waals surface area contributed by atoms with Crippen molar-refractivity contribution in [2.75, 3.05) is 19.8 Å². The predicted molar refractivity (Wildman–Crippen MR) is 65.8 cm³/mol. The predicted octanol–water partition coefficient (Wildman–Crippen LogP) is -0.194. The van der Waals surface area contributed by atoms with Crippen LogP contribution in [0.3, 0.4) is 0 Å². The summed E-state index contributed by atoms with van der Waals surface area (Å²) in [5.41, 5.74) is 0.844. The number of carboxylic acid groups (broad SMARTS) is 2. The molecule has 0 aliphatic carbocycles. The summed E-state index contributed by atoms with van der Waals surface area (Å²) in [6.45, 7) is 6.22. The molecule has 4 N–H and O–H groups in total. The number of aliphatic carboxylic acids is 2. The molecule has 0 saturated heterocycles. The number of amides is 2. The minimum atomic E-state index is -1.46. The van der Waals surface area contributed by atoms with Gasteiger partial charge in [0.1, 0.15) is 6.04 Å². The maximum absolute atomic E-state index is 11.3. The number of hydrogen-bond acceptors (Lipinski definition) is 4. The number of carbonyl (C=O) groups excluding carboxylic acids is 1. The minimum absolute atomic E-state index is 0.179. The van der Waals surface area contributed by atoms with E-state index >= 15 is 0 Å². The standard InChI is InChI=1S/C11H18N2O6/c1-7(2)6-19-4-3-12-11(18)13-8(10(16)17)5-9(14)15/h8H,1,3-6H2,2H3,(H,14,15)(H,16,17)(H2,12,13,18)/t8-/m1/s1. The molecule has 0 rings (SSSR count). The van der Waals surface area contributed by atoms with Gasteiger partial charge in [0.15, 0.2) is 0 Å². The Hall–Kier alpha value is -2.09. The maximum atomic E-state index is 11.3. The molecule has 0 heterocycles. The van der Waals surface area contributed by atoms with Gasteiger partial charge < -0.3 is 25.6 Å². The molecule has 0 aromatic heterocycles. The molecular weight excluding hydrogens is 256 g/mol. The Balaban J connectivity index is 3.90. The normalized spacial score (nSPS) is 11.4. The second-order valence-corrected chi connectivity index (χ2v) is 3.90. The summed E-state index contributed by atoms with van der Waals surface area (Å²) in [6, 6.07) is -2.22. The molecule has 8 heteroatoms. The summed E-state index contributed by atoms with van der Waals surface area (Å²) >= 11 is 0. The summed E-state index contributed by atoms with van der Waals surface area (Å²) in [5.74, 6) is -2.71. The van der Waals surface area contributed by atoms with Gasteiger partial charge in [0, 0.05) is 6.54 Å². The van der Waals surface area contributed by atoms with Crippen molar-refractivity contribution in [1.82, 2.24) is 10.6 Å². The molecule has 0 aromatic carbocycles. The molecule has 8 nitrogen and oxygen atoms in total. The first-order valence-electron chi connectivity index (χ1n) is 5.54. The average Bonchev–Trinajstić information content (AvgIpc) is 2.26. The zero-order valence-corrected chi connectivity index (χ0v) is 10.6. The molecule has 0 aliphatic heterocycles. The van der Waals surface area contributed by atoms with E-state index in [1.54, 1.807) is 6.92 Å². The Labute approximate surface area is 110 Å². The van der Waals surface area contributed by atoms with Gasteiger partial charge in [-0.3, -0.25) is 4.79 Å². The Morgan fingerprint density at radius 3 is 2.42 bits per heavy atom. The van der Waals surface area contributed by atoms with Crippen LogP contribution in [0.4, 0.5) is 4.79 Å². The van der Waals surface area contributed by atoms with E-state index in [0.29, 0.717) is 6.61 Å². The van der Waals surface area contributed by atoms with Crippen LogP contribution in [-0.2, 0) is 14.3 Å². The van der Waals surface area contributed by atoms with Crippen molar-refractivity contribution < 1.29 is 29.3 Å². The molecule has 19 heavy (non-hydrogen) atoms. The molecule has 1 atom stereocenters. The fraction of sp³-hybridized carbons (Fsp3) is 0.545. The second-order valence-electron chi connectivity index (χ2n) is 3.90. The molecule has 0 unspecified atom stereocenters. The van der Waals surface area contributed by atoms with Crippen molar-refractivity contribution in [3.63, 3.8) is 0 Å². The van der Waals surface area contributed by atoms with Crippen molar-refractivity contribution in [1.29, 1.82) is 0 Å². The van der Waals surface area contributed by atoms with E-state index in [2.05, 4.69) is 11.9 Å². The first-order chi connectivity index (χ1) is 8.82. The molecule has 0 bridgehead atoms. The summed E-state index contributed by atoms with van der Waals surface area (Å²) in [6.07, 6.45) is -0.686. The van der Waals surface area contributed by atoms with Crippen LogP contribution in [0.15, 0.2) is 12.2 Å². The highest BCUT2D eigenvalue weighted by molar-refractivity contribution is 5.86. The lowest BCUT2D eigenvalue weighted by atomic mass is 10.2. The maximum Gasteiger partial charge on any atom is 0.326 e. The fourth-order valence-corrected chi connectivity index (χ4v) is 1.07. The van der Waals surface area contributed by atoms with Crippen molar-refractivity contribution in [2.24, 2.45) is 0 Å². The SMILES string of the molecule is C=C(C)COCCNC(=O)N[C@H](CC(=O)O)C(=O)O. The number of carbonyl (C=O) groups is 3. The lowest BCUT2D eigenvalue weighted by Crippen LogP contribution is -2.47. The van der Waals surface area contributed by atoms with E-state index in [-0.39, 0.29) is 13.2 Å². The van der Waals surface area contributed by atoms with Gasteiger partial charge in [0.2, 0.25) is 0 Å². The summed E-state index contributed by atoms with van der Waals surface area (Å²) in [4.78, 5) is 32.4. The molecule has 0 fully saturated rings. The highest BCUT2D eigenvalue weighted by atomic mass is 16.5. The third kappa shape index (κ3) is 9.60. The van der Waals surface area contributed by atoms with Crippen molar-refractivity contribution in [2.45, 2.75) is 19.4 Å². The van der Waals surface area contributed by atoms with Crippen molar-refractivity contribution in [3.8, 4) is 0 Å². The molecule has 2 amide bonds. The first-order valence-corrected chi connectivity index (χ1v) is 5.54. The van der Waals surface area contributed by atoms with Gasteiger partial charge in [0.05, 0.1) is 19.6 Å². The lowest BCUT2D eigenvalue weighted by molar-refractivity contribution is -0.145. The Morgan fingerprint density at radius 1 is 1.32 bits per heavy atom. The van der Waals surface area contributed by atoms with Crippen LogP contribution in [0.5, 0.6) is 0 Å². The zero-order chi connectivity index (χ0) is 14.8. The smallest absolute Gasteiger partial charge is 0.326 e. The van der Waals surface area contributed by atoms with Gasteiger partial charge in [-0.1, -0.05) is 12.2 Å². The quantitative estimate of drug-likeness (QED) is 0.341. The Bertz CT molecular complexity index is 355. The van der Waals surface area contributed by atoms with E-state index in [1.807, 2.05) is 5.32 Å². The Morgan fingerprint density at radius 2 is 1.95 bits per heavy atom. The molecule has 108 valence electrons. The highest BCUT2D eigenvalue weighted by Crippen LogP contribution is 1.92. The van der Waals surface area contributed by atoms with E-state index < -0.39 is 30.4 Å². The van der Waals surface area contributed by atoms with Crippen LogP contribution in [0, 0.1) is 0 Å². The third-order valence-corrected chi connectivity index (χ3v) is 1.86. The van der Waals surface area contributed by atoms with Gasteiger partial charge >= 0.3 is 18.0 Å². The van der Waals surface area contributed by atoms with E-state index in [4.69, 9.17) is 14.9 Å². The number of nitrogens with one attached hydrogen (secondary N) is 2. The van der Waals surface area contributed by atoms with E-state index in [0.717, 1.165) is 5.57 Å². The van der Waals surface area contributed by atoms with Gasteiger partial charge in [-0.25, -0.2) is 9.59 Å². The molecule has 0 saturated carbocycles. The van der Waals surface area contributed by atoms with Crippen LogP contribution in [-0.4, -0.2) is 54.0 Å². The molecule has 0 spiro atoms. The summed E-state index contributed by atoms with van der Waals surface area (Å²) < 4.78 is 5.11. The largest absolute Gasteiger partial charge is 0.481 e. The number of carboxylic acids is 2. The van der Waals surface area contributed by atoms with Gasteiger partial charge in [-0.05, 0) is 6.92 Å². The number of urea groups is 1. The number of ether oxygens (including phenoxy) is 1. The van der Waals surface area contributed by atoms with Gasteiger partial charge in [-0.2, -0.15) is 0 Å². The Kier molecular flexibility index (Phi) is 7.94. The summed E-state index contributed by atoms with van der Waals surface area (Å²) in [7, 11) is 0. The van der Waals surface area contributed by atoms with Crippen molar-refractivity contribution in [3.05, 3.63) is 12.2 Å². The lowest BCUT2D eigenvalue weighted by Gasteiger charge is -2.13. The van der Waals surface area contributed by atoms with Gasteiger partial charge in [0.25, 0.3) is 0 Å². The van der Waals surface area contributed by atoms with Crippen LogP contribution in [0.1, 0.15) is 13.3 Å². The van der Waals surface area contributed by atoms with Gasteiger partial charge in [-0.15, -0.1) is 0 Å². The van der Waals surface area contributed by atoms with E-state index in [1.165, 1.54) is 0 Å². The zero-order valence-electron chi connectivity index (χ0n) is 10.6. The highest BCUT2D eigenvalue weighted by Gasteiger charge is 2.22. The van der Waals surface area contributed by atoms with Crippen LogP contribution in [0.25, 0.3) is 0 Å². The average molecular weight is 274 g/mol. The number of hydrogen-bond donors (Lipinski definition) is 4. The van der Waals surface area contributed by atoms with Crippen LogP contribution >= 0.6 is 0 Å². The molecule has 0 aromatic rings. The third-order valence-electron chi connectivity index (χ3n) is 1.86. The molecule has 0 radical (unpaired) electrons. The monoisotopic (exact) mass is 274 g/mol. The molecule has 0 aliphatic rings. The fourth-order valence-electron chi connectivity index (χ4n) is 1.07. The first kappa shape index (κ1) is 16.9. The molecular formula is C11H18N2O6. The number of rotatable bonds is 9. The van der Waals surface area contributed by atoms with E-state index in [9.17, 15) is 14.4 Å².